The van der Waals surface area contributed by atoms with Crippen molar-refractivity contribution in [3.8, 4) is 0 Å². The zero-order valence-corrected chi connectivity index (χ0v) is 17.0. The maximum Gasteiger partial charge on any atom is 0.0457 e. The first-order valence-corrected chi connectivity index (χ1v) is 11.3. The molecule has 0 bridgehead atoms. The molecule has 134 valence electrons. The molecule has 1 saturated heterocycles. The third-order valence-corrected chi connectivity index (χ3v) is 8.25. The molecule has 0 N–H and O–H groups in total. The zero-order chi connectivity index (χ0) is 18.3. The van der Waals surface area contributed by atoms with Gasteiger partial charge in [-0.25, -0.2) is 0 Å². The lowest BCUT2D eigenvalue weighted by molar-refractivity contribution is 0.586. The van der Waals surface area contributed by atoms with Gasteiger partial charge in [0.15, 0.2) is 0 Å². The SMILES string of the molecule is Clc1ccc2ccccc2c1C1(c2cccc3ccccc23)CCCCP1. The van der Waals surface area contributed by atoms with Gasteiger partial charge in [-0.05, 0) is 57.7 Å². The third kappa shape index (κ3) is 2.78. The van der Waals surface area contributed by atoms with Gasteiger partial charge in [0, 0.05) is 10.2 Å². The van der Waals surface area contributed by atoms with Crippen LogP contribution in [0, 0.1) is 0 Å². The van der Waals surface area contributed by atoms with Gasteiger partial charge in [0.05, 0.1) is 0 Å². The van der Waals surface area contributed by atoms with Crippen molar-refractivity contribution in [3.05, 3.63) is 95.0 Å². The number of halogens is 1. The van der Waals surface area contributed by atoms with Crippen molar-refractivity contribution in [1.29, 1.82) is 0 Å². The summed E-state index contributed by atoms with van der Waals surface area (Å²) in [5.74, 6) is 0. The summed E-state index contributed by atoms with van der Waals surface area (Å²) in [6.07, 6.45) is 5.04. The fraction of sp³-hybridized carbons (Fsp3) is 0.200. The minimum absolute atomic E-state index is 0.0110. The average Bonchev–Trinajstić information content (AvgIpc) is 2.74. The number of fused-ring (bicyclic) bond motifs is 2. The van der Waals surface area contributed by atoms with Gasteiger partial charge in [-0.2, -0.15) is 0 Å². The molecule has 0 saturated carbocycles. The van der Waals surface area contributed by atoms with Crippen LogP contribution >= 0.6 is 20.2 Å². The molecule has 2 atom stereocenters. The second-order valence-corrected chi connectivity index (χ2v) is 9.57. The second-order valence-electron chi connectivity index (χ2n) is 7.46. The van der Waals surface area contributed by atoms with Crippen LogP contribution in [0.1, 0.15) is 30.4 Å². The predicted molar refractivity (Wildman–Crippen MR) is 121 cm³/mol. The number of hydrogen-bond donors (Lipinski definition) is 0. The highest BCUT2D eigenvalue weighted by molar-refractivity contribution is 7.40. The van der Waals surface area contributed by atoms with Gasteiger partial charge in [-0.3, -0.25) is 0 Å². The van der Waals surface area contributed by atoms with Crippen LogP contribution in [-0.4, -0.2) is 6.16 Å². The molecule has 27 heavy (non-hydrogen) atoms. The lowest BCUT2D eigenvalue weighted by Crippen LogP contribution is -2.27. The van der Waals surface area contributed by atoms with Gasteiger partial charge in [-0.15, -0.1) is 8.58 Å². The van der Waals surface area contributed by atoms with Gasteiger partial charge in [0.25, 0.3) is 0 Å². The Morgan fingerprint density at radius 2 is 1.41 bits per heavy atom. The van der Waals surface area contributed by atoms with Crippen LogP contribution < -0.4 is 0 Å². The molecule has 0 radical (unpaired) electrons. The topological polar surface area (TPSA) is 0 Å². The van der Waals surface area contributed by atoms with Gasteiger partial charge in [0.2, 0.25) is 0 Å². The highest BCUT2D eigenvalue weighted by Gasteiger charge is 2.39. The smallest absolute Gasteiger partial charge is 0.0457 e. The molecular formula is C25H22ClP. The highest BCUT2D eigenvalue weighted by atomic mass is 35.5. The van der Waals surface area contributed by atoms with Crippen molar-refractivity contribution in [2.24, 2.45) is 0 Å². The van der Waals surface area contributed by atoms with Crippen molar-refractivity contribution in [1.82, 2.24) is 0 Å². The largest absolute Gasteiger partial charge is 0.106 e. The molecule has 1 aliphatic rings. The summed E-state index contributed by atoms with van der Waals surface area (Å²) in [4.78, 5) is 0. The van der Waals surface area contributed by atoms with Gasteiger partial charge >= 0.3 is 0 Å². The normalized spacial score (nSPS) is 21.1. The minimum Gasteiger partial charge on any atom is -0.106 e. The van der Waals surface area contributed by atoms with E-state index in [0.29, 0.717) is 0 Å². The Hall–Kier alpha value is -1.88. The van der Waals surface area contributed by atoms with E-state index >= 15 is 0 Å². The van der Waals surface area contributed by atoms with Crippen molar-refractivity contribution in [3.63, 3.8) is 0 Å². The Balaban J connectivity index is 1.88. The van der Waals surface area contributed by atoms with E-state index in [1.165, 1.54) is 58.1 Å². The van der Waals surface area contributed by atoms with Crippen molar-refractivity contribution in [2.45, 2.75) is 24.4 Å². The van der Waals surface area contributed by atoms with Gasteiger partial charge < -0.3 is 0 Å². The molecule has 0 amide bonds. The summed E-state index contributed by atoms with van der Waals surface area (Å²) in [5.41, 5.74) is 2.80. The predicted octanol–water partition coefficient (Wildman–Crippen LogP) is 7.75. The van der Waals surface area contributed by atoms with E-state index in [-0.39, 0.29) is 5.16 Å². The molecule has 1 heterocycles. The van der Waals surface area contributed by atoms with Crippen molar-refractivity contribution >= 4 is 41.7 Å². The minimum atomic E-state index is 0.0110. The average molecular weight is 389 g/mol. The molecule has 4 aromatic carbocycles. The monoisotopic (exact) mass is 388 g/mol. The van der Waals surface area contributed by atoms with E-state index in [2.05, 4.69) is 78.9 Å². The van der Waals surface area contributed by atoms with Gasteiger partial charge in [0.1, 0.15) is 0 Å². The van der Waals surface area contributed by atoms with E-state index in [4.69, 9.17) is 11.6 Å². The Bertz CT molecular complexity index is 1120. The van der Waals surface area contributed by atoms with Crippen molar-refractivity contribution in [2.75, 3.05) is 6.16 Å². The maximum absolute atomic E-state index is 6.93. The van der Waals surface area contributed by atoms with E-state index in [1.807, 2.05) is 0 Å². The van der Waals surface area contributed by atoms with Gasteiger partial charge in [-0.1, -0.05) is 90.8 Å². The Labute approximate surface area is 167 Å². The molecule has 0 aromatic heterocycles. The van der Waals surface area contributed by atoms with Crippen LogP contribution in [0.3, 0.4) is 0 Å². The Kier molecular flexibility index (Phi) is 4.43. The van der Waals surface area contributed by atoms with Crippen molar-refractivity contribution < 1.29 is 0 Å². The first-order valence-electron chi connectivity index (χ1n) is 9.71. The zero-order valence-electron chi connectivity index (χ0n) is 15.2. The Morgan fingerprint density at radius 1 is 0.704 bits per heavy atom. The summed E-state index contributed by atoms with van der Waals surface area (Å²) in [6.45, 7) is 0. The second kappa shape index (κ2) is 6.93. The fourth-order valence-electron chi connectivity index (χ4n) is 4.76. The highest BCUT2D eigenvalue weighted by Crippen LogP contribution is 2.58. The molecular weight excluding hydrogens is 367 g/mol. The Morgan fingerprint density at radius 3 is 2.19 bits per heavy atom. The van der Waals surface area contributed by atoms with Crippen LogP contribution in [0.15, 0.2) is 78.9 Å². The molecule has 5 rings (SSSR count). The van der Waals surface area contributed by atoms with Crippen LogP contribution in [-0.2, 0) is 5.16 Å². The maximum atomic E-state index is 6.93. The molecule has 2 heteroatoms. The first kappa shape index (κ1) is 17.2. The summed E-state index contributed by atoms with van der Waals surface area (Å²) in [7, 11) is 0.857. The molecule has 0 aliphatic carbocycles. The molecule has 2 unspecified atom stereocenters. The summed E-state index contributed by atoms with van der Waals surface area (Å²) < 4.78 is 0. The van der Waals surface area contributed by atoms with E-state index in [0.717, 1.165) is 13.6 Å². The quantitative estimate of drug-likeness (QED) is 0.308. The lowest BCUT2D eigenvalue weighted by Gasteiger charge is -2.40. The molecule has 0 spiro atoms. The lowest BCUT2D eigenvalue weighted by atomic mass is 9.81. The standard InChI is InChI=1S/C25H22ClP/c26-23-15-14-19-9-2-4-12-21(19)24(23)25(16-5-6-17-27-25)22-13-7-10-18-8-1-3-11-20(18)22/h1-4,7-15,27H,5-6,16-17H2. The molecule has 0 nitrogen and oxygen atoms in total. The van der Waals surface area contributed by atoms with Crippen LogP contribution in [0.25, 0.3) is 21.5 Å². The third-order valence-electron chi connectivity index (χ3n) is 5.96. The molecule has 1 aliphatic heterocycles. The molecule has 1 fully saturated rings. The number of rotatable bonds is 2. The van der Waals surface area contributed by atoms with E-state index < -0.39 is 0 Å². The van der Waals surface area contributed by atoms with Crippen LogP contribution in [0.5, 0.6) is 0 Å². The number of benzene rings is 4. The first-order chi connectivity index (χ1) is 13.3. The summed E-state index contributed by atoms with van der Waals surface area (Å²) in [6, 6.07) is 28.6. The molecule has 4 aromatic rings. The number of hydrogen-bond acceptors (Lipinski definition) is 0. The fourth-order valence-corrected chi connectivity index (χ4v) is 7.23. The summed E-state index contributed by atoms with van der Waals surface area (Å²) in [5, 5.41) is 6.21. The van der Waals surface area contributed by atoms with Crippen LogP contribution in [0.2, 0.25) is 5.02 Å². The van der Waals surface area contributed by atoms with E-state index in [9.17, 15) is 0 Å². The summed E-state index contributed by atoms with van der Waals surface area (Å²) >= 11 is 6.93. The van der Waals surface area contributed by atoms with E-state index in [1.54, 1.807) is 0 Å². The van der Waals surface area contributed by atoms with Crippen LogP contribution in [0.4, 0.5) is 0 Å².